The van der Waals surface area contributed by atoms with Gasteiger partial charge in [0, 0.05) is 12.0 Å². The molecule has 0 aliphatic carbocycles. The van der Waals surface area contributed by atoms with E-state index >= 15 is 0 Å². The molecule has 1 aromatic carbocycles. The molecule has 1 aromatic rings. The highest BCUT2D eigenvalue weighted by Crippen LogP contribution is 2.13. The van der Waals surface area contributed by atoms with Gasteiger partial charge in [-0.3, -0.25) is 0 Å². The van der Waals surface area contributed by atoms with Crippen molar-refractivity contribution in [2.75, 3.05) is 20.3 Å². The summed E-state index contributed by atoms with van der Waals surface area (Å²) in [4.78, 5) is 12.0. The van der Waals surface area contributed by atoms with Crippen LogP contribution in [0.15, 0.2) is 29.2 Å². The molecule has 0 N–H and O–H groups in total. The minimum absolute atomic E-state index is 0.261. The topological polar surface area (TPSA) is 35.5 Å². The Balaban J connectivity index is 2.56. The van der Waals surface area contributed by atoms with Gasteiger partial charge in [0.25, 0.3) is 0 Å². The summed E-state index contributed by atoms with van der Waals surface area (Å²) in [6.07, 6.45) is 0. The Morgan fingerprint density at radius 2 is 2.07 bits per heavy atom. The molecule has 0 amide bonds. The van der Waals surface area contributed by atoms with Crippen LogP contribution in [0.5, 0.6) is 0 Å². The molecule has 0 atom stereocenters. The molecule has 0 spiro atoms. The van der Waals surface area contributed by atoms with Crippen molar-refractivity contribution in [1.82, 2.24) is 0 Å². The van der Waals surface area contributed by atoms with E-state index in [1.54, 1.807) is 25.3 Å². The van der Waals surface area contributed by atoms with Crippen LogP contribution in [0.4, 0.5) is 0 Å². The van der Waals surface area contributed by atoms with Crippen LogP contribution in [0.25, 0.3) is 0 Å². The number of thiol groups is 1. The Morgan fingerprint density at radius 1 is 1.36 bits per heavy atom. The lowest BCUT2D eigenvalue weighted by Crippen LogP contribution is -2.10. The van der Waals surface area contributed by atoms with Gasteiger partial charge in [0.2, 0.25) is 0 Å². The molecule has 4 heteroatoms. The van der Waals surface area contributed by atoms with E-state index in [0.29, 0.717) is 17.1 Å². The smallest absolute Gasteiger partial charge is 0.339 e. The predicted molar refractivity (Wildman–Crippen MR) is 55.9 cm³/mol. The van der Waals surface area contributed by atoms with Gasteiger partial charge >= 0.3 is 5.97 Å². The molecule has 3 nitrogen and oxygen atoms in total. The van der Waals surface area contributed by atoms with E-state index in [4.69, 9.17) is 9.47 Å². The highest BCUT2D eigenvalue weighted by atomic mass is 32.1. The number of esters is 1. The van der Waals surface area contributed by atoms with Crippen molar-refractivity contribution >= 4 is 18.6 Å². The fourth-order valence-corrected chi connectivity index (χ4v) is 1.19. The molecular formula is C10H12O3S. The molecule has 0 aliphatic heterocycles. The van der Waals surface area contributed by atoms with Crippen LogP contribution in [0, 0.1) is 0 Å². The number of methoxy groups -OCH3 is 1. The Kier molecular flexibility index (Phi) is 4.49. The van der Waals surface area contributed by atoms with E-state index in [-0.39, 0.29) is 12.6 Å². The number of carbonyl (C=O) groups excluding carboxylic acids is 1. The van der Waals surface area contributed by atoms with Crippen LogP contribution in [-0.2, 0) is 9.47 Å². The van der Waals surface area contributed by atoms with Crippen molar-refractivity contribution in [2.24, 2.45) is 0 Å². The summed E-state index contributed by atoms with van der Waals surface area (Å²) in [7, 11) is 1.56. The molecule has 14 heavy (non-hydrogen) atoms. The summed E-state index contributed by atoms with van der Waals surface area (Å²) < 4.78 is 9.70. The third-order valence-electron chi connectivity index (χ3n) is 1.64. The van der Waals surface area contributed by atoms with Crippen LogP contribution in [-0.4, -0.2) is 26.3 Å². The van der Waals surface area contributed by atoms with Crippen molar-refractivity contribution in [2.45, 2.75) is 4.90 Å². The summed E-state index contributed by atoms with van der Waals surface area (Å²) in [5.41, 5.74) is 0.479. The van der Waals surface area contributed by atoms with E-state index < -0.39 is 0 Å². The number of hydrogen-bond acceptors (Lipinski definition) is 4. The van der Waals surface area contributed by atoms with Gasteiger partial charge in [-0.2, -0.15) is 0 Å². The number of benzene rings is 1. The lowest BCUT2D eigenvalue weighted by atomic mass is 10.2. The summed E-state index contributed by atoms with van der Waals surface area (Å²) in [6, 6.07) is 7.01. The van der Waals surface area contributed by atoms with Crippen LogP contribution in [0.1, 0.15) is 10.4 Å². The van der Waals surface area contributed by atoms with Gasteiger partial charge in [-0.05, 0) is 12.1 Å². The Labute approximate surface area is 88.4 Å². The Morgan fingerprint density at radius 3 is 2.71 bits per heavy atom. The highest BCUT2D eigenvalue weighted by molar-refractivity contribution is 7.80. The lowest BCUT2D eigenvalue weighted by Gasteiger charge is -2.05. The molecule has 0 unspecified atom stereocenters. The first-order valence-electron chi connectivity index (χ1n) is 4.19. The number of rotatable bonds is 4. The second kappa shape index (κ2) is 5.67. The quantitative estimate of drug-likeness (QED) is 0.469. The zero-order valence-corrected chi connectivity index (χ0v) is 8.79. The number of carbonyl (C=O) groups is 1. The van der Waals surface area contributed by atoms with Gasteiger partial charge < -0.3 is 9.47 Å². The van der Waals surface area contributed by atoms with Crippen LogP contribution < -0.4 is 0 Å². The zero-order valence-electron chi connectivity index (χ0n) is 7.90. The largest absolute Gasteiger partial charge is 0.460 e. The van der Waals surface area contributed by atoms with Crippen molar-refractivity contribution in [3.05, 3.63) is 29.8 Å². The first kappa shape index (κ1) is 11.1. The Hall–Kier alpha value is -1.00. The van der Waals surface area contributed by atoms with E-state index in [2.05, 4.69) is 12.6 Å². The third-order valence-corrected chi connectivity index (χ3v) is 2.03. The maximum absolute atomic E-state index is 11.4. The van der Waals surface area contributed by atoms with Crippen molar-refractivity contribution in [1.29, 1.82) is 0 Å². The second-order valence-corrected chi connectivity index (χ2v) is 3.13. The van der Waals surface area contributed by atoms with Gasteiger partial charge in [-0.25, -0.2) is 4.79 Å². The molecule has 76 valence electrons. The van der Waals surface area contributed by atoms with E-state index in [1.807, 2.05) is 6.07 Å². The minimum atomic E-state index is -0.368. The van der Waals surface area contributed by atoms with Gasteiger partial charge in [-0.15, -0.1) is 12.6 Å². The number of ether oxygens (including phenoxy) is 2. The minimum Gasteiger partial charge on any atom is -0.460 e. The monoisotopic (exact) mass is 212 g/mol. The molecule has 0 bridgehead atoms. The first-order valence-corrected chi connectivity index (χ1v) is 4.64. The van der Waals surface area contributed by atoms with E-state index in [0.717, 1.165) is 0 Å². The maximum atomic E-state index is 11.4. The van der Waals surface area contributed by atoms with Crippen LogP contribution in [0.3, 0.4) is 0 Å². The number of hydrogen-bond donors (Lipinski definition) is 1. The average molecular weight is 212 g/mol. The predicted octanol–water partition coefficient (Wildman–Crippen LogP) is 1.78. The fraction of sp³-hybridized carbons (Fsp3) is 0.300. The molecule has 0 saturated carbocycles. The molecule has 0 saturated heterocycles. The van der Waals surface area contributed by atoms with Gasteiger partial charge in [-0.1, -0.05) is 12.1 Å². The second-order valence-electron chi connectivity index (χ2n) is 2.65. The SMILES string of the molecule is COCCOC(=O)c1ccccc1S. The van der Waals surface area contributed by atoms with Gasteiger partial charge in [0.05, 0.1) is 12.2 Å². The standard InChI is InChI=1S/C10H12O3S/c1-12-6-7-13-10(11)8-4-2-3-5-9(8)14/h2-5,14H,6-7H2,1H3. The molecular weight excluding hydrogens is 200 g/mol. The highest BCUT2D eigenvalue weighted by Gasteiger charge is 2.09. The third kappa shape index (κ3) is 3.05. The van der Waals surface area contributed by atoms with Crippen molar-refractivity contribution in [3.8, 4) is 0 Å². The summed E-state index contributed by atoms with van der Waals surface area (Å²) >= 11 is 4.15. The fourth-order valence-electron chi connectivity index (χ4n) is 0.942. The molecule has 0 aromatic heterocycles. The Bertz CT molecular complexity index is 312. The first-order chi connectivity index (χ1) is 6.75. The van der Waals surface area contributed by atoms with Crippen molar-refractivity contribution < 1.29 is 14.3 Å². The molecule has 0 heterocycles. The van der Waals surface area contributed by atoms with Gasteiger partial charge in [0.1, 0.15) is 6.61 Å². The normalized spacial score (nSPS) is 9.86. The summed E-state index contributed by atoms with van der Waals surface area (Å²) in [6.45, 7) is 0.665. The summed E-state index contributed by atoms with van der Waals surface area (Å²) in [5.74, 6) is -0.368. The molecule has 0 radical (unpaired) electrons. The van der Waals surface area contributed by atoms with E-state index in [1.165, 1.54) is 0 Å². The zero-order chi connectivity index (χ0) is 10.4. The summed E-state index contributed by atoms with van der Waals surface area (Å²) in [5, 5.41) is 0. The van der Waals surface area contributed by atoms with Gasteiger partial charge in [0.15, 0.2) is 0 Å². The molecule has 0 fully saturated rings. The molecule has 1 rings (SSSR count). The lowest BCUT2D eigenvalue weighted by molar-refractivity contribution is 0.0384. The average Bonchev–Trinajstić information content (AvgIpc) is 2.18. The van der Waals surface area contributed by atoms with Crippen LogP contribution >= 0.6 is 12.6 Å². The van der Waals surface area contributed by atoms with Crippen molar-refractivity contribution in [3.63, 3.8) is 0 Å². The van der Waals surface area contributed by atoms with E-state index in [9.17, 15) is 4.79 Å². The maximum Gasteiger partial charge on any atom is 0.339 e. The molecule has 0 aliphatic rings. The van der Waals surface area contributed by atoms with Crippen LogP contribution in [0.2, 0.25) is 0 Å².